The zero-order chi connectivity index (χ0) is 10.5. The van der Waals surface area contributed by atoms with Crippen LogP contribution in [0.2, 0.25) is 0 Å². The summed E-state index contributed by atoms with van der Waals surface area (Å²) in [5.74, 6) is -1.54. The molecule has 0 saturated carbocycles. The molecule has 1 unspecified atom stereocenters. The molecule has 76 valence electrons. The van der Waals surface area contributed by atoms with Crippen molar-refractivity contribution in [2.75, 3.05) is 20.3 Å². The Bertz CT molecular complexity index is 201. The molecule has 1 N–H and O–H groups in total. The number of carbonyl (C=O) groups is 2. The molecule has 0 spiro atoms. The van der Waals surface area contributed by atoms with Crippen LogP contribution < -0.4 is 0 Å². The molecular weight excluding hydrogens is 176 g/mol. The quantitative estimate of drug-likeness (QED) is 0.630. The van der Waals surface area contributed by atoms with Crippen molar-refractivity contribution in [3.63, 3.8) is 0 Å². The van der Waals surface area contributed by atoms with Gasteiger partial charge < -0.3 is 14.6 Å². The lowest BCUT2D eigenvalue weighted by molar-refractivity contribution is -0.160. The Morgan fingerprint density at radius 2 is 1.92 bits per heavy atom. The summed E-state index contributed by atoms with van der Waals surface area (Å²) >= 11 is 0. The maximum Gasteiger partial charge on any atom is 0.315 e. The number of carboxylic acids is 1. The second kappa shape index (κ2) is 4.81. The summed E-state index contributed by atoms with van der Waals surface area (Å²) in [6, 6.07) is 0. The molecule has 0 aliphatic carbocycles. The smallest absolute Gasteiger partial charge is 0.315 e. The van der Waals surface area contributed by atoms with E-state index in [0.29, 0.717) is 0 Å². The minimum atomic E-state index is -1.17. The number of aliphatic carboxylic acids is 1. The highest BCUT2D eigenvalue weighted by molar-refractivity contribution is 5.75. The van der Waals surface area contributed by atoms with Crippen molar-refractivity contribution in [2.45, 2.75) is 13.8 Å². The van der Waals surface area contributed by atoms with Gasteiger partial charge in [0.1, 0.15) is 12.0 Å². The van der Waals surface area contributed by atoms with E-state index in [1.807, 2.05) is 0 Å². The van der Waals surface area contributed by atoms with Gasteiger partial charge in [-0.3, -0.25) is 9.59 Å². The van der Waals surface area contributed by atoms with Gasteiger partial charge >= 0.3 is 11.9 Å². The summed E-state index contributed by atoms with van der Waals surface area (Å²) in [7, 11) is 1.40. The van der Waals surface area contributed by atoms with E-state index in [4.69, 9.17) is 9.84 Å². The highest BCUT2D eigenvalue weighted by atomic mass is 16.5. The van der Waals surface area contributed by atoms with Crippen molar-refractivity contribution in [2.24, 2.45) is 5.41 Å². The third-order valence-corrected chi connectivity index (χ3v) is 1.57. The fourth-order valence-electron chi connectivity index (χ4n) is 0.745. The van der Waals surface area contributed by atoms with Gasteiger partial charge in [0.15, 0.2) is 0 Å². The van der Waals surface area contributed by atoms with Crippen LogP contribution in [0.4, 0.5) is 0 Å². The van der Waals surface area contributed by atoms with Crippen molar-refractivity contribution in [1.29, 1.82) is 0 Å². The molecule has 0 aromatic heterocycles. The number of carbonyl (C=O) groups excluding carboxylic acids is 1. The van der Waals surface area contributed by atoms with Crippen molar-refractivity contribution in [3.8, 4) is 0 Å². The third kappa shape index (κ3) is 3.89. The standard InChI is InChI=1S/C8H14O5/c1-6(9)13-5-8(2,4-12-3)7(10)11/h4-5H2,1-3H3,(H,10,11). The number of carboxylic acid groups (broad SMARTS) is 1. The minimum absolute atomic E-state index is 0.00954. The van der Waals surface area contributed by atoms with Gasteiger partial charge in [-0.2, -0.15) is 0 Å². The predicted molar refractivity (Wildman–Crippen MR) is 44.3 cm³/mol. The molecule has 0 heterocycles. The molecule has 0 amide bonds. The van der Waals surface area contributed by atoms with E-state index in [9.17, 15) is 9.59 Å². The maximum absolute atomic E-state index is 10.8. The molecule has 0 fully saturated rings. The first-order chi connectivity index (χ1) is 5.92. The Morgan fingerprint density at radius 3 is 2.23 bits per heavy atom. The largest absolute Gasteiger partial charge is 0.481 e. The molecule has 5 nitrogen and oxygen atoms in total. The number of methoxy groups -OCH3 is 1. The van der Waals surface area contributed by atoms with E-state index >= 15 is 0 Å². The molecular formula is C8H14O5. The minimum Gasteiger partial charge on any atom is -0.481 e. The normalized spacial score (nSPS) is 14.7. The second-order valence-electron chi connectivity index (χ2n) is 3.08. The van der Waals surface area contributed by atoms with Gasteiger partial charge in [0, 0.05) is 14.0 Å². The van der Waals surface area contributed by atoms with Crippen molar-refractivity contribution in [1.82, 2.24) is 0 Å². The van der Waals surface area contributed by atoms with E-state index < -0.39 is 17.4 Å². The second-order valence-corrected chi connectivity index (χ2v) is 3.08. The molecule has 0 aromatic carbocycles. The lowest BCUT2D eigenvalue weighted by Gasteiger charge is -2.22. The van der Waals surface area contributed by atoms with Crippen LogP contribution in [0, 0.1) is 5.41 Å². The van der Waals surface area contributed by atoms with Crippen molar-refractivity contribution in [3.05, 3.63) is 0 Å². The molecule has 0 aliphatic heterocycles. The van der Waals surface area contributed by atoms with Gasteiger partial charge in [-0.25, -0.2) is 0 Å². The lowest BCUT2D eigenvalue weighted by Crippen LogP contribution is -2.37. The summed E-state index contributed by atoms with van der Waals surface area (Å²) < 4.78 is 9.35. The number of hydrogen-bond donors (Lipinski definition) is 1. The van der Waals surface area contributed by atoms with Gasteiger partial charge in [-0.1, -0.05) is 0 Å². The molecule has 13 heavy (non-hydrogen) atoms. The summed E-state index contributed by atoms with van der Waals surface area (Å²) in [5.41, 5.74) is -1.17. The fraction of sp³-hybridized carbons (Fsp3) is 0.750. The van der Waals surface area contributed by atoms with E-state index in [1.165, 1.54) is 21.0 Å². The van der Waals surface area contributed by atoms with Gasteiger partial charge in [0.05, 0.1) is 6.61 Å². The maximum atomic E-state index is 10.8. The van der Waals surface area contributed by atoms with Crippen molar-refractivity contribution >= 4 is 11.9 Å². The Kier molecular flexibility index (Phi) is 4.40. The molecule has 5 heteroatoms. The number of ether oxygens (including phenoxy) is 2. The first kappa shape index (κ1) is 11.9. The Hall–Kier alpha value is -1.10. The lowest BCUT2D eigenvalue weighted by atomic mass is 9.93. The highest BCUT2D eigenvalue weighted by Crippen LogP contribution is 2.17. The first-order valence-corrected chi connectivity index (χ1v) is 3.78. The number of hydrogen-bond acceptors (Lipinski definition) is 4. The van der Waals surface area contributed by atoms with Crippen LogP contribution in [0.25, 0.3) is 0 Å². The average molecular weight is 190 g/mol. The van der Waals surface area contributed by atoms with Crippen LogP contribution in [0.1, 0.15) is 13.8 Å². The van der Waals surface area contributed by atoms with Crippen LogP contribution in [-0.2, 0) is 19.1 Å². The molecule has 0 aromatic rings. The van der Waals surface area contributed by atoms with E-state index in [1.54, 1.807) is 0 Å². The predicted octanol–water partition coefficient (Wildman–Crippen LogP) is 0.287. The summed E-state index contributed by atoms with van der Waals surface area (Å²) in [5, 5.41) is 8.81. The van der Waals surface area contributed by atoms with Crippen LogP contribution >= 0.6 is 0 Å². The van der Waals surface area contributed by atoms with E-state index in [-0.39, 0.29) is 13.2 Å². The van der Waals surface area contributed by atoms with Crippen LogP contribution in [0.15, 0.2) is 0 Å². The highest BCUT2D eigenvalue weighted by Gasteiger charge is 2.34. The summed E-state index contributed by atoms with van der Waals surface area (Å²) in [6.07, 6.45) is 0. The number of rotatable bonds is 5. The SMILES string of the molecule is COCC(C)(COC(C)=O)C(=O)O. The molecule has 0 radical (unpaired) electrons. The van der Waals surface area contributed by atoms with Crippen LogP contribution in [-0.4, -0.2) is 37.4 Å². The third-order valence-electron chi connectivity index (χ3n) is 1.57. The van der Waals surface area contributed by atoms with E-state index in [2.05, 4.69) is 4.74 Å². The molecule has 0 bridgehead atoms. The first-order valence-electron chi connectivity index (χ1n) is 3.78. The Balaban J connectivity index is 4.24. The van der Waals surface area contributed by atoms with Crippen LogP contribution in [0.5, 0.6) is 0 Å². The Labute approximate surface area is 76.6 Å². The van der Waals surface area contributed by atoms with Crippen molar-refractivity contribution < 1.29 is 24.2 Å². The zero-order valence-corrected chi connectivity index (χ0v) is 7.99. The molecule has 0 rings (SSSR count). The number of esters is 1. The summed E-state index contributed by atoms with van der Waals surface area (Å²) in [4.78, 5) is 21.2. The van der Waals surface area contributed by atoms with E-state index in [0.717, 1.165) is 0 Å². The van der Waals surface area contributed by atoms with Crippen LogP contribution in [0.3, 0.4) is 0 Å². The summed E-state index contributed by atoms with van der Waals surface area (Å²) in [6.45, 7) is 2.53. The monoisotopic (exact) mass is 190 g/mol. The Morgan fingerprint density at radius 1 is 1.38 bits per heavy atom. The molecule has 0 saturated heterocycles. The van der Waals surface area contributed by atoms with Gasteiger partial charge in [0.25, 0.3) is 0 Å². The average Bonchev–Trinajstić information content (AvgIpc) is 2.01. The topological polar surface area (TPSA) is 72.8 Å². The molecule has 1 atom stereocenters. The zero-order valence-electron chi connectivity index (χ0n) is 7.99. The van der Waals surface area contributed by atoms with Gasteiger partial charge in [-0.15, -0.1) is 0 Å². The van der Waals surface area contributed by atoms with Gasteiger partial charge in [-0.05, 0) is 6.92 Å². The fourth-order valence-corrected chi connectivity index (χ4v) is 0.745. The molecule has 0 aliphatic rings. The van der Waals surface area contributed by atoms with Gasteiger partial charge in [0.2, 0.25) is 0 Å².